The Balaban J connectivity index is 1.24. The summed E-state index contributed by atoms with van der Waals surface area (Å²) in [6.45, 7) is 11.9. The van der Waals surface area contributed by atoms with E-state index in [4.69, 9.17) is 18.9 Å². The number of benzene rings is 5. The Hall–Kier alpha value is -4.70. The van der Waals surface area contributed by atoms with Crippen LogP contribution in [0.1, 0.15) is 156 Å². The smallest absolute Gasteiger partial charge is 0.128 e. The fraction of sp³-hybridized carbons (Fsp3) is 0.483. The lowest BCUT2D eigenvalue weighted by atomic mass is 9.95. The van der Waals surface area contributed by atoms with Crippen LogP contribution in [0.5, 0.6) is 23.0 Å². The topological polar surface area (TPSA) is 36.9 Å². The Morgan fingerprint density at radius 1 is 0.258 bits per heavy atom. The second-order valence-electron chi connectivity index (χ2n) is 17.1. The van der Waals surface area contributed by atoms with Gasteiger partial charge in [-0.2, -0.15) is 0 Å². The number of ether oxygens (including phenoxy) is 4. The van der Waals surface area contributed by atoms with Gasteiger partial charge in [-0.15, -0.1) is 0 Å². The summed E-state index contributed by atoms with van der Waals surface area (Å²) in [6, 6.07) is 39.1. The van der Waals surface area contributed by atoms with Gasteiger partial charge in [-0.05, 0) is 95.5 Å². The predicted octanol–water partition coefficient (Wildman–Crippen LogP) is 17.8. The van der Waals surface area contributed by atoms with Gasteiger partial charge in [0.15, 0.2) is 0 Å². The van der Waals surface area contributed by atoms with Crippen LogP contribution in [0.3, 0.4) is 0 Å². The highest BCUT2D eigenvalue weighted by Crippen LogP contribution is 2.42. The first-order valence-electron chi connectivity index (χ1n) is 24.7. The molecule has 0 saturated heterocycles. The van der Waals surface area contributed by atoms with Gasteiger partial charge in [-0.3, -0.25) is 0 Å². The van der Waals surface area contributed by atoms with Gasteiger partial charge >= 0.3 is 0 Å². The van der Waals surface area contributed by atoms with E-state index in [2.05, 4.69) is 137 Å². The molecule has 5 rings (SSSR count). The summed E-state index contributed by atoms with van der Waals surface area (Å²) in [4.78, 5) is 0. The molecule has 0 aromatic heterocycles. The third-order valence-electron chi connectivity index (χ3n) is 11.9. The van der Waals surface area contributed by atoms with Crippen LogP contribution in [0.15, 0.2) is 109 Å². The number of unbranched alkanes of at least 4 members (excludes halogenated alkanes) is 16. The van der Waals surface area contributed by atoms with Crippen molar-refractivity contribution >= 4 is 0 Å². The molecule has 0 saturated carbocycles. The average Bonchev–Trinajstić information content (AvgIpc) is 3.31. The molecule has 0 radical (unpaired) electrons. The van der Waals surface area contributed by atoms with E-state index in [0.717, 1.165) is 97.0 Å². The van der Waals surface area contributed by atoms with Gasteiger partial charge in [0.25, 0.3) is 0 Å². The van der Waals surface area contributed by atoms with E-state index in [-0.39, 0.29) is 0 Å². The molecule has 0 unspecified atom stereocenters. The first-order chi connectivity index (χ1) is 30.6. The van der Waals surface area contributed by atoms with Crippen LogP contribution >= 0.6 is 0 Å². The van der Waals surface area contributed by atoms with Crippen LogP contribution in [0.25, 0.3) is 44.5 Å². The van der Waals surface area contributed by atoms with Crippen molar-refractivity contribution in [3.05, 3.63) is 109 Å². The highest BCUT2D eigenvalue weighted by atomic mass is 16.5. The Kier molecular flexibility index (Phi) is 22.5. The minimum atomic E-state index is 0.669. The van der Waals surface area contributed by atoms with E-state index in [1.54, 1.807) is 0 Å². The van der Waals surface area contributed by atoms with Gasteiger partial charge in [0.2, 0.25) is 0 Å². The molecule has 0 fully saturated rings. The van der Waals surface area contributed by atoms with Crippen molar-refractivity contribution in [1.82, 2.24) is 0 Å². The third-order valence-corrected chi connectivity index (χ3v) is 11.9. The van der Waals surface area contributed by atoms with Crippen LogP contribution in [0.4, 0.5) is 0 Å². The molecular formula is C58H78O4. The van der Waals surface area contributed by atoms with Crippen LogP contribution in [0.2, 0.25) is 0 Å². The fourth-order valence-corrected chi connectivity index (χ4v) is 7.93. The second-order valence-corrected chi connectivity index (χ2v) is 17.1. The van der Waals surface area contributed by atoms with E-state index in [9.17, 15) is 0 Å². The Labute approximate surface area is 376 Å². The van der Waals surface area contributed by atoms with Crippen LogP contribution < -0.4 is 18.9 Å². The van der Waals surface area contributed by atoms with Crippen molar-refractivity contribution in [2.75, 3.05) is 26.4 Å². The Morgan fingerprint density at radius 2 is 0.516 bits per heavy atom. The van der Waals surface area contributed by atoms with Crippen molar-refractivity contribution < 1.29 is 18.9 Å². The molecule has 4 heteroatoms. The number of rotatable bonds is 32. The van der Waals surface area contributed by atoms with Gasteiger partial charge in [0.05, 0.1) is 26.4 Å². The van der Waals surface area contributed by atoms with Crippen LogP contribution in [0, 0.1) is 0 Å². The van der Waals surface area contributed by atoms with Gasteiger partial charge < -0.3 is 18.9 Å². The molecule has 5 aromatic carbocycles. The fourth-order valence-electron chi connectivity index (χ4n) is 7.93. The first kappa shape index (κ1) is 48.3. The maximum absolute atomic E-state index is 6.56. The summed E-state index contributed by atoms with van der Waals surface area (Å²) in [6.07, 6.45) is 25.0. The van der Waals surface area contributed by atoms with Crippen molar-refractivity contribution in [3.63, 3.8) is 0 Å². The molecule has 0 aliphatic carbocycles. The molecule has 4 nitrogen and oxygen atoms in total. The third kappa shape index (κ3) is 16.5. The zero-order chi connectivity index (χ0) is 43.5. The van der Waals surface area contributed by atoms with E-state index in [1.165, 1.54) is 112 Å². The largest absolute Gasteiger partial charge is 0.494 e. The quantitative estimate of drug-likeness (QED) is 0.0404. The lowest BCUT2D eigenvalue weighted by Gasteiger charge is -2.19. The predicted molar refractivity (Wildman–Crippen MR) is 265 cm³/mol. The first-order valence-corrected chi connectivity index (χ1v) is 24.7. The maximum atomic E-state index is 6.56. The molecule has 0 spiro atoms. The normalized spacial score (nSPS) is 11.2. The molecule has 0 amide bonds. The van der Waals surface area contributed by atoms with Crippen LogP contribution in [-0.4, -0.2) is 26.4 Å². The highest BCUT2D eigenvalue weighted by molar-refractivity contribution is 5.83. The zero-order valence-electron chi connectivity index (χ0n) is 39.0. The standard InChI is InChI=1S/C58H78O4/c1-5-9-13-15-17-19-21-23-43-59-53-37-33-49(34-38-53)47-25-29-51(30-26-47)55-45-58(62-42-12-8-4)56(46-57(55)61-41-11-7-3)52-31-27-48(28-32-52)50-35-39-54(40-36-50)60-44-24-22-20-18-16-14-10-6-2/h25-40,45-46H,5-24,41-44H2,1-4H3. The molecule has 0 heterocycles. The minimum Gasteiger partial charge on any atom is -0.494 e. The van der Waals surface area contributed by atoms with Crippen molar-refractivity contribution in [2.45, 2.75) is 156 Å². The SMILES string of the molecule is CCCCCCCCCCOc1ccc(-c2ccc(-c3cc(OCCCC)c(-c4ccc(-c5ccc(OCCCCCCCCCC)cc5)cc4)cc3OCCCC)cc2)cc1. The van der Waals surface area contributed by atoms with Crippen molar-refractivity contribution in [3.8, 4) is 67.5 Å². The second kappa shape index (κ2) is 28.8. The maximum Gasteiger partial charge on any atom is 0.128 e. The molecule has 0 atom stereocenters. The Morgan fingerprint density at radius 3 is 0.839 bits per heavy atom. The summed E-state index contributed by atoms with van der Waals surface area (Å²) in [7, 11) is 0. The van der Waals surface area contributed by atoms with Gasteiger partial charge in [-0.25, -0.2) is 0 Å². The zero-order valence-corrected chi connectivity index (χ0v) is 39.0. The molecule has 0 aliphatic rings. The van der Waals surface area contributed by atoms with E-state index >= 15 is 0 Å². The lowest BCUT2D eigenvalue weighted by molar-refractivity contribution is 0.303. The molecule has 62 heavy (non-hydrogen) atoms. The molecule has 0 N–H and O–H groups in total. The molecule has 0 aliphatic heterocycles. The summed E-state index contributed by atoms with van der Waals surface area (Å²) in [5, 5.41) is 0. The number of hydrogen-bond donors (Lipinski definition) is 0. The van der Waals surface area contributed by atoms with Gasteiger partial charge in [0, 0.05) is 11.1 Å². The van der Waals surface area contributed by atoms with E-state index in [0.29, 0.717) is 13.2 Å². The van der Waals surface area contributed by atoms with Gasteiger partial charge in [0.1, 0.15) is 23.0 Å². The van der Waals surface area contributed by atoms with Crippen molar-refractivity contribution in [2.24, 2.45) is 0 Å². The number of hydrogen-bond acceptors (Lipinski definition) is 4. The molecular weight excluding hydrogens is 761 g/mol. The van der Waals surface area contributed by atoms with Crippen molar-refractivity contribution in [1.29, 1.82) is 0 Å². The summed E-state index contributed by atoms with van der Waals surface area (Å²) < 4.78 is 25.3. The molecule has 5 aromatic rings. The van der Waals surface area contributed by atoms with E-state index < -0.39 is 0 Å². The monoisotopic (exact) mass is 839 g/mol. The van der Waals surface area contributed by atoms with Gasteiger partial charge in [-0.1, -0.05) is 203 Å². The van der Waals surface area contributed by atoms with Crippen LogP contribution in [-0.2, 0) is 0 Å². The summed E-state index contributed by atoms with van der Waals surface area (Å²) >= 11 is 0. The summed E-state index contributed by atoms with van der Waals surface area (Å²) in [5.74, 6) is 3.65. The minimum absolute atomic E-state index is 0.669. The highest BCUT2D eigenvalue weighted by Gasteiger charge is 2.17. The Bertz CT molecular complexity index is 1770. The molecule has 334 valence electrons. The summed E-state index contributed by atoms with van der Waals surface area (Å²) in [5.41, 5.74) is 9.02. The molecule has 0 bridgehead atoms. The van der Waals surface area contributed by atoms with E-state index in [1.807, 2.05) is 0 Å². The lowest BCUT2D eigenvalue weighted by Crippen LogP contribution is -2.02. The average molecular weight is 839 g/mol.